The fourth-order valence-electron chi connectivity index (χ4n) is 2.99. The molecule has 1 aromatic heterocycles. The number of aromatic nitrogens is 1. The van der Waals surface area contributed by atoms with Crippen molar-refractivity contribution in [2.24, 2.45) is 0 Å². The Morgan fingerprint density at radius 3 is 2.82 bits per heavy atom. The van der Waals surface area contributed by atoms with Crippen LogP contribution >= 0.6 is 27.5 Å². The summed E-state index contributed by atoms with van der Waals surface area (Å²) in [6.07, 6.45) is 6.14. The first kappa shape index (κ1) is 14.0. The maximum absolute atomic E-state index is 14.7. The van der Waals surface area contributed by atoms with Gasteiger partial charge in [0.1, 0.15) is 6.21 Å². The van der Waals surface area contributed by atoms with Crippen molar-refractivity contribution in [1.82, 2.24) is 4.48 Å². The molecule has 0 aliphatic carbocycles. The fraction of sp³-hybridized carbons (Fsp3) is 0. The van der Waals surface area contributed by atoms with Gasteiger partial charge in [0.05, 0.1) is 10.6 Å². The Hall–Kier alpha value is -1.66. The van der Waals surface area contributed by atoms with E-state index in [1.165, 1.54) is 12.4 Å². The Morgan fingerprint density at radius 2 is 2.00 bits per heavy atom. The molecule has 0 unspecified atom stereocenters. The highest BCUT2D eigenvalue weighted by Gasteiger charge is 2.51. The third kappa shape index (κ3) is 1.74. The zero-order valence-electron chi connectivity index (χ0n) is 11.2. The molecule has 0 radical (unpaired) electrons. The van der Waals surface area contributed by atoms with E-state index in [9.17, 15) is 8.63 Å². The standard InChI is InChI=1S/C15H9BBrClF2N2/c17-11-5-1-4-10(15(11)18)14-12-6-2-8-21(12)16(19,20)22-9-3-7-13(14)22/h1-9H. The molecule has 0 saturated carbocycles. The monoisotopic (exact) mass is 380 g/mol. The molecule has 0 atom stereocenters. The van der Waals surface area contributed by atoms with Crippen molar-refractivity contribution in [2.75, 3.05) is 0 Å². The van der Waals surface area contributed by atoms with Gasteiger partial charge in [-0.15, -0.1) is 0 Å². The zero-order valence-corrected chi connectivity index (χ0v) is 13.5. The van der Waals surface area contributed by atoms with E-state index < -0.39 is 6.97 Å². The van der Waals surface area contributed by atoms with Gasteiger partial charge >= 0.3 is 6.97 Å². The summed E-state index contributed by atoms with van der Waals surface area (Å²) in [5, 5.41) is 0.510. The quantitative estimate of drug-likeness (QED) is 0.641. The molecule has 3 heterocycles. The molecule has 0 bridgehead atoms. The molecule has 0 saturated heterocycles. The van der Waals surface area contributed by atoms with Crippen molar-refractivity contribution in [3.05, 3.63) is 75.1 Å². The number of benzene rings is 1. The Bertz CT molecular complexity index is 899. The molecular weight excluding hydrogens is 372 g/mol. The van der Waals surface area contributed by atoms with Gasteiger partial charge in [-0.05, 0) is 40.3 Å². The Labute approximate surface area is 139 Å². The molecule has 2 aliphatic rings. The van der Waals surface area contributed by atoms with E-state index in [1.807, 2.05) is 18.2 Å². The summed E-state index contributed by atoms with van der Waals surface area (Å²) < 4.78 is 32.1. The third-order valence-corrected chi connectivity index (χ3v) is 5.26. The zero-order chi connectivity index (χ0) is 15.5. The van der Waals surface area contributed by atoms with Crippen molar-refractivity contribution in [2.45, 2.75) is 0 Å². The number of hydrogen-bond donors (Lipinski definition) is 0. The van der Waals surface area contributed by atoms with Gasteiger partial charge in [-0.3, -0.25) is 0 Å². The minimum Gasteiger partial charge on any atom is -0.396 e. The second-order valence-electron chi connectivity index (χ2n) is 5.17. The van der Waals surface area contributed by atoms with Crippen LogP contribution in [0.15, 0.2) is 58.9 Å². The number of rotatable bonds is 1. The van der Waals surface area contributed by atoms with E-state index in [0.29, 0.717) is 22.0 Å². The summed E-state index contributed by atoms with van der Waals surface area (Å²) in [5.41, 5.74) is 2.36. The first-order chi connectivity index (χ1) is 10.5. The highest BCUT2D eigenvalue weighted by molar-refractivity contribution is 9.10. The first-order valence-corrected chi connectivity index (χ1v) is 7.87. The molecule has 1 aromatic carbocycles. The van der Waals surface area contributed by atoms with E-state index in [-0.39, 0.29) is 0 Å². The van der Waals surface area contributed by atoms with Gasteiger partial charge in [-0.25, -0.2) is 0 Å². The Morgan fingerprint density at radius 1 is 1.18 bits per heavy atom. The van der Waals surface area contributed by atoms with Gasteiger partial charge in [0, 0.05) is 27.9 Å². The molecular formula is C15H9BBrClF2N2. The molecule has 22 heavy (non-hydrogen) atoms. The van der Waals surface area contributed by atoms with Crippen molar-refractivity contribution in [3.63, 3.8) is 0 Å². The lowest BCUT2D eigenvalue weighted by Crippen LogP contribution is -2.49. The van der Waals surface area contributed by atoms with Gasteiger partial charge in [-0.2, -0.15) is 0 Å². The minimum atomic E-state index is -3.88. The second kappa shape index (κ2) is 4.67. The van der Waals surface area contributed by atoms with Crippen LogP contribution in [0.4, 0.5) is 8.63 Å². The number of fused-ring (bicyclic) bond motifs is 2. The molecule has 0 N–H and O–H groups in total. The van der Waals surface area contributed by atoms with Crippen LogP contribution in [0.5, 0.6) is 0 Å². The largest absolute Gasteiger partial charge is 0.737 e. The van der Waals surface area contributed by atoms with E-state index in [2.05, 4.69) is 15.9 Å². The van der Waals surface area contributed by atoms with Crippen LogP contribution in [0.1, 0.15) is 11.3 Å². The number of nitrogens with zero attached hydrogens (tertiary/aromatic N) is 2. The van der Waals surface area contributed by atoms with Crippen molar-refractivity contribution < 1.29 is 13.1 Å². The molecule has 0 spiro atoms. The maximum atomic E-state index is 14.7. The van der Waals surface area contributed by atoms with E-state index in [1.54, 1.807) is 24.3 Å². The molecule has 7 heteroatoms. The summed E-state index contributed by atoms with van der Waals surface area (Å²) >= 11 is 9.79. The fourth-order valence-corrected chi connectivity index (χ4v) is 3.58. The minimum absolute atomic E-state index is 0.469. The van der Waals surface area contributed by atoms with E-state index in [4.69, 9.17) is 11.6 Å². The molecule has 110 valence electrons. The van der Waals surface area contributed by atoms with Crippen LogP contribution in [0.25, 0.3) is 5.57 Å². The highest BCUT2D eigenvalue weighted by atomic mass is 79.9. The summed E-state index contributed by atoms with van der Waals surface area (Å²) in [6, 6.07) is 8.83. The molecule has 2 aliphatic heterocycles. The van der Waals surface area contributed by atoms with Crippen LogP contribution in [0, 0.1) is 0 Å². The summed E-state index contributed by atoms with van der Waals surface area (Å²) in [7, 11) is 0. The van der Waals surface area contributed by atoms with Crippen LogP contribution in [-0.4, -0.2) is 22.1 Å². The van der Waals surface area contributed by atoms with Crippen molar-refractivity contribution in [3.8, 4) is 0 Å². The van der Waals surface area contributed by atoms with Gasteiger partial charge in [-0.1, -0.05) is 23.7 Å². The van der Waals surface area contributed by atoms with Crippen LogP contribution in [0.3, 0.4) is 0 Å². The lowest BCUT2D eigenvalue weighted by Gasteiger charge is -2.31. The molecule has 2 aromatic rings. The molecule has 4 rings (SSSR count). The SMILES string of the molecule is F[B-]1(F)n2cccc2C(c2cccc(Br)c2Cl)=C2C=CC=[N+]21. The average molecular weight is 381 g/mol. The van der Waals surface area contributed by atoms with Crippen molar-refractivity contribution in [1.29, 1.82) is 0 Å². The predicted molar refractivity (Wildman–Crippen MR) is 88.4 cm³/mol. The van der Waals surface area contributed by atoms with E-state index >= 15 is 0 Å². The summed E-state index contributed by atoms with van der Waals surface area (Å²) in [5.74, 6) is 0. The van der Waals surface area contributed by atoms with E-state index in [0.717, 1.165) is 19.0 Å². The highest BCUT2D eigenvalue weighted by Crippen LogP contribution is 2.41. The van der Waals surface area contributed by atoms with Gasteiger partial charge in [0.25, 0.3) is 0 Å². The van der Waals surface area contributed by atoms with Crippen LogP contribution < -0.4 is 0 Å². The number of halogens is 4. The lowest BCUT2D eigenvalue weighted by atomic mass is 9.86. The predicted octanol–water partition coefficient (Wildman–Crippen LogP) is 4.55. The molecule has 0 amide bonds. The van der Waals surface area contributed by atoms with Gasteiger partial charge in [0.15, 0.2) is 5.70 Å². The lowest BCUT2D eigenvalue weighted by molar-refractivity contribution is -0.356. The van der Waals surface area contributed by atoms with Crippen molar-refractivity contribution >= 4 is 46.3 Å². The smallest absolute Gasteiger partial charge is 0.396 e. The Kier molecular flexibility index (Phi) is 2.96. The number of allylic oxidation sites excluding steroid dienone is 2. The average Bonchev–Trinajstić information content (AvgIpc) is 3.13. The normalized spacial score (nSPS) is 18.3. The van der Waals surface area contributed by atoms with Crippen LogP contribution in [-0.2, 0) is 0 Å². The molecule has 2 nitrogen and oxygen atoms in total. The molecule has 0 fully saturated rings. The first-order valence-electron chi connectivity index (χ1n) is 6.70. The number of hydrogen-bond acceptors (Lipinski definition) is 0. The summed E-state index contributed by atoms with van der Waals surface area (Å²) in [6.45, 7) is -3.88. The third-order valence-electron chi connectivity index (χ3n) is 3.96. The summed E-state index contributed by atoms with van der Waals surface area (Å²) in [4.78, 5) is 0. The van der Waals surface area contributed by atoms with Gasteiger partial charge < -0.3 is 17.6 Å². The Balaban J connectivity index is 2.09. The maximum Gasteiger partial charge on any atom is 0.737 e. The van der Waals surface area contributed by atoms with Crippen LogP contribution in [0.2, 0.25) is 5.02 Å². The second-order valence-corrected chi connectivity index (χ2v) is 6.40. The topological polar surface area (TPSA) is 7.94 Å². The van der Waals surface area contributed by atoms with Gasteiger partial charge in [0.2, 0.25) is 0 Å².